The number of hydrogen-bond donors (Lipinski definition) is 1. The first-order valence-electron chi connectivity index (χ1n) is 11.8. The molecule has 1 N–H and O–H groups in total. The van der Waals surface area contributed by atoms with E-state index >= 15 is 0 Å². The van der Waals surface area contributed by atoms with Crippen molar-refractivity contribution >= 4 is 11.6 Å². The Morgan fingerprint density at radius 1 is 0.829 bits per heavy atom. The van der Waals surface area contributed by atoms with Crippen LogP contribution in [0.2, 0.25) is 0 Å². The number of amides is 1. The lowest BCUT2D eigenvalue weighted by Crippen LogP contribution is -2.23. The number of halogens is 1. The SMILES string of the molecule is O=C(NCc1ccc(OCc2ccc(F)cc2)cc1)c1ccc(CN2CCc3ccccc32)cc1. The van der Waals surface area contributed by atoms with E-state index in [1.165, 1.54) is 28.9 Å². The van der Waals surface area contributed by atoms with Crippen molar-refractivity contribution in [3.05, 3.63) is 131 Å². The smallest absolute Gasteiger partial charge is 0.251 e. The molecule has 0 bridgehead atoms. The molecule has 0 saturated carbocycles. The summed E-state index contributed by atoms with van der Waals surface area (Å²) >= 11 is 0. The highest BCUT2D eigenvalue weighted by molar-refractivity contribution is 5.94. The first kappa shape index (κ1) is 22.7. The maximum atomic E-state index is 13.0. The van der Waals surface area contributed by atoms with Crippen molar-refractivity contribution in [2.45, 2.75) is 26.1 Å². The first-order valence-corrected chi connectivity index (χ1v) is 11.8. The average Bonchev–Trinajstić information content (AvgIpc) is 3.31. The van der Waals surface area contributed by atoms with Crippen LogP contribution in [-0.2, 0) is 26.1 Å². The number of para-hydroxylation sites is 1. The maximum absolute atomic E-state index is 13.0. The second-order valence-corrected chi connectivity index (χ2v) is 8.74. The monoisotopic (exact) mass is 466 g/mol. The molecule has 0 aliphatic carbocycles. The second kappa shape index (κ2) is 10.4. The zero-order chi connectivity index (χ0) is 24.0. The summed E-state index contributed by atoms with van der Waals surface area (Å²) in [5.74, 6) is 0.365. The van der Waals surface area contributed by atoms with Crippen LogP contribution in [0.25, 0.3) is 0 Å². The van der Waals surface area contributed by atoms with Crippen LogP contribution in [0.5, 0.6) is 5.75 Å². The minimum Gasteiger partial charge on any atom is -0.489 e. The van der Waals surface area contributed by atoms with Crippen LogP contribution in [-0.4, -0.2) is 12.5 Å². The lowest BCUT2D eigenvalue weighted by molar-refractivity contribution is 0.0951. The molecule has 0 fully saturated rings. The van der Waals surface area contributed by atoms with E-state index in [0.717, 1.165) is 36.4 Å². The minimum absolute atomic E-state index is 0.0975. The molecule has 176 valence electrons. The van der Waals surface area contributed by atoms with Crippen LogP contribution in [0.15, 0.2) is 97.1 Å². The van der Waals surface area contributed by atoms with Crippen molar-refractivity contribution in [3.8, 4) is 5.75 Å². The third kappa shape index (κ3) is 5.69. The van der Waals surface area contributed by atoms with Gasteiger partial charge in [-0.05, 0) is 71.1 Å². The predicted molar refractivity (Wildman–Crippen MR) is 136 cm³/mol. The topological polar surface area (TPSA) is 41.6 Å². The van der Waals surface area contributed by atoms with E-state index in [0.29, 0.717) is 18.7 Å². The molecule has 5 rings (SSSR count). The van der Waals surface area contributed by atoms with Crippen LogP contribution >= 0.6 is 0 Å². The molecule has 1 heterocycles. The summed E-state index contributed by atoms with van der Waals surface area (Å²) in [6.07, 6.45) is 1.08. The fourth-order valence-electron chi connectivity index (χ4n) is 4.29. The number of nitrogens with one attached hydrogen (secondary N) is 1. The highest BCUT2D eigenvalue weighted by Gasteiger charge is 2.18. The fraction of sp³-hybridized carbons (Fsp3) is 0.167. The molecular weight excluding hydrogens is 439 g/mol. The molecule has 4 aromatic carbocycles. The Bertz CT molecular complexity index is 1290. The van der Waals surface area contributed by atoms with E-state index in [-0.39, 0.29) is 11.7 Å². The number of rotatable bonds is 8. The van der Waals surface area contributed by atoms with Crippen molar-refractivity contribution in [1.29, 1.82) is 0 Å². The summed E-state index contributed by atoms with van der Waals surface area (Å²) < 4.78 is 18.7. The number of fused-ring (bicyclic) bond motifs is 1. The van der Waals surface area contributed by atoms with Gasteiger partial charge in [-0.15, -0.1) is 0 Å². The quantitative estimate of drug-likeness (QED) is 0.352. The molecule has 0 saturated heterocycles. The van der Waals surface area contributed by atoms with Crippen molar-refractivity contribution in [3.63, 3.8) is 0 Å². The van der Waals surface area contributed by atoms with E-state index in [1.807, 2.05) is 48.5 Å². The summed E-state index contributed by atoms with van der Waals surface area (Å²) in [4.78, 5) is 15.0. The predicted octanol–water partition coefficient (Wildman–Crippen LogP) is 5.90. The van der Waals surface area contributed by atoms with Gasteiger partial charge in [0.25, 0.3) is 5.91 Å². The Labute approximate surface area is 205 Å². The van der Waals surface area contributed by atoms with Gasteiger partial charge in [0.2, 0.25) is 0 Å². The van der Waals surface area contributed by atoms with Crippen molar-refractivity contribution in [2.75, 3.05) is 11.4 Å². The Hall–Kier alpha value is -4.12. The molecule has 0 unspecified atom stereocenters. The lowest BCUT2D eigenvalue weighted by atomic mass is 10.1. The summed E-state index contributed by atoms with van der Waals surface area (Å²) in [6, 6.07) is 30.2. The standard InChI is InChI=1S/C30H27FN2O2/c31-27-13-7-24(8-14-27)21-35-28-15-9-22(10-16-28)19-32-30(34)26-11-5-23(6-12-26)20-33-18-17-25-3-1-2-4-29(25)33/h1-16H,17-21H2,(H,32,34). The van der Waals surface area contributed by atoms with Crippen LogP contribution < -0.4 is 15.0 Å². The van der Waals surface area contributed by atoms with Crippen LogP contribution in [0, 0.1) is 5.82 Å². The number of anilines is 1. The number of benzene rings is 4. The highest BCUT2D eigenvalue weighted by atomic mass is 19.1. The van der Waals surface area contributed by atoms with E-state index < -0.39 is 0 Å². The van der Waals surface area contributed by atoms with Gasteiger partial charge in [-0.25, -0.2) is 4.39 Å². The van der Waals surface area contributed by atoms with Gasteiger partial charge in [-0.1, -0.05) is 54.6 Å². The van der Waals surface area contributed by atoms with Gasteiger partial charge in [0.05, 0.1) is 0 Å². The molecule has 1 aliphatic rings. The number of nitrogens with zero attached hydrogens (tertiary/aromatic N) is 1. The molecule has 1 aliphatic heterocycles. The molecule has 0 spiro atoms. The Balaban J connectivity index is 1.10. The molecule has 0 aromatic heterocycles. The van der Waals surface area contributed by atoms with Crippen LogP contribution in [0.4, 0.5) is 10.1 Å². The zero-order valence-corrected chi connectivity index (χ0v) is 19.4. The Morgan fingerprint density at radius 2 is 1.51 bits per heavy atom. The van der Waals surface area contributed by atoms with E-state index in [2.05, 4.69) is 34.5 Å². The average molecular weight is 467 g/mol. The molecule has 1 amide bonds. The summed E-state index contributed by atoms with van der Waals surface area (Å²) in [5.41, 5.74) is 6.43. The zero-order valence-electron chi connectivity index (χ0n) is 19.4. The van der Waals surface area contributed by atoms with E-state index in [1.54, 1.807) is 12.1 Å². The van der Waals surface area contributed by atoms with Crippen LogP contribution in [0.1, 0.15) is 32.6 Å². The Kier molecular flexibility index (Phi) is 6.75. The van der Waals surface area contributed by atoms with Gasteiger partial charge in [-0.3, -0.25) is 4.79 Å². The number of carbonyl (C=O) groups is 1. The van der Waals surface area contributed by atoms with Crippen molar-refractivity contribution in [2.24, 2.45) is 0 Å². The third-order valence-corrected chi connectivity index (χ3v) is 6.27. The number of ether oxygens (including phenoxy) is 1. The van der Waals surface area contributed by atoms with E-state index in [9.17, 15) is 9.18 Å². The molecular formula is C30H27FN2O2. The van der Waals surface area contributed by atoms with Gasteiger partial charge in [0, 0.05) is 30.9 Å². The van der Waals surface area contributed by atoms with E-state index in [4.69, 9.17) is 4.74 Å². The summed E-state index contributed by atoms with van der Waals surface area (Å²) in [5, 5.41) is 2.98. The largest absolute Gasteiger partial charge is 0.489 e. The summed E-state index contributed by atoms with van der Waals surface area (Å²) in [7, 11) is 0. The highest BCUT2D eigenvalue weighted by Crippen LogP contribution is 2.28. The Morgan fingerprint density at radius 3 is 2.29 bits per heavy atom. The lowest BCUT2D eigenvalue weighted by Gasteiger charge is -2.19. The molecule has 0 atom stereocenters. The third-order valence-electron chi connectivity index (χ3n) is 6.27. The fourth-order valence-corrected chi connectivity index (χ4v) is 4.29. The molecule has 0 radical (unpaired) electrons. The minimum atomic E-state index is -0.260. The number of carbonyl (C=O) groups excluding carboxylic acids is 1. The first-order chi connectivity index (χ1) is 17.1. The van der Waals surface area contributed by atoms with Gasteiger partial charge in [-0.2, -0.15) is 0 Å². The number of hydrogen-bond acceptors (Lipinski definition) is 3. The molecule has 35 heavy (non-hydrogen) atoms. The molecule has 4 aromatic rings. The normalized spacial score (nSPS) is 12.3. The van der Waals surface area contributed by atoms with Crippen molar-refractivity contribution < 1.29 is 13.9 Å². The maximum Gasteiger partial charge on any atom is 0.251 e. The van der Waals surface area contributed by atoms with Gasteiger partial charge in [0.15, 0.2) is 0 Å². The van der Waals surface area contributed by atoms with Crippen LogP contribution in [0.3, 0.4) is 0 Å². The van der Waals surface area contributed by atoms with Gasteiger partial charge < -0.3 is 15.0 Å². The molecule has 4 nitrogen and oxygen atoms in total. The van der Waals surface area contributed by atoms with Gasteiger partial charge >= 0.3 is 0 Å². The van der Waals surface area contributed by atoms with Crippen molar-refractivity contribution in [1.82, 2.24) is 5.32 Å². The second-order valence-electron chi connectivity index (χ2n) is 8.74. The molecule has 5 heteroatoms. The van der Waals surface area contributed by atoms with Gasteiger partial charge in [0.1, 0.15) is 18.2 Å². The summed E-state index contributed by atoms with van der Waals surface area (Å²) in [6.45, 7) is 2.67.